The molecule has 1 aliphatic rings. The topological polar surface area (TPSA) is 67.4 Å². The van der Waals surface area contributed by atoms with Crippen molar-refractivity contribution in [2.45, 2.75) is 36.3 Å². The lowest BCUT2D eigenvalue weighted by molar-refractivity contribution is -0.134. The van der Waals surface area contributed by atoms with Gasteiger partial charge in [0.2, 0.25) is 11.0 Å². The molecule has 0 aromatic carbocycles. The van der Waals surface area contributed by atoms with Crippen molar-refractivity contribution in [1.29, 1.82) is 0 Å². The van der Waals surface area contributed by atoms with Crippen LogP contribution in [0.4, 0.5) is 5.13 Å². The molecule has 1 aliphatic heterocycles. The van der Waals surface area contributed by atoms with Crippen molar-refractivity contribution in [3.05, 3.63) is 0 Å². The fourth-order valence-corrected chi connectivity index (χ4v) is 3.95. The van der Waals surface area contributed by atoms with Gasteiger partial charge in [0, 0.05) is 19.6 Å². The van der Waals surface area contributed by atoms with Crippen LogP contribution in [0.15, 0.2) is 4.34 Å². The third kappa shape index (κ3) is 5.12. The van der Waals surface area contributed by atoms with E-state index in [0.717, 1.165) is 28.9 Å². The number of aromatic nitrogens is 2. The van der Waals surface area contributed by atoms with Gasteiger partial charge >= 0.3 is 0 Å². The van der Waals surface area contributed by atoms with Crippen molar-refractivity contribution in [3.8, 4) is 0 Å². The van der Waals surface area contributed by atoms with Crippen molar-refractivity contribution < 1.29 is 9.53 Å². The molecule has 8 heteroatoms. The maximum absolute atomic E-state index is 12.3. The Labute approximate surface area is 133 Å². The number of hydrogen-bond acceptors (Lipinski definition) is 7. The first-order chi connectivity index (χ1) is 10.2. The van der Waals surface area contributed by atoms with Gasteiger partial charge in [0.1, 0.15) is 0 Å². The lowest BCUT2D eigenvalue weighted by Gasteiger charge is -2.28. The molecule has 1 fully saturated rings. The van der Waals surface area contributed by atoms with Gasteiger partial charge in [-0.1, -0.05) is 36.4 Å². The molecule has 1 amide bonds. The number of nitrogens with one attached hydrogen (secondary N) is 1. The minimum Gasteiger partial charge on any atom is -0.378 e. The summed E-state index contributed by atoms with van der Waals surface area (Å²) in [6, 6.07) is 0. The van der Waals surface area contributed by atoms with E-state index in [1.54, 1.807) is 0 Å². The molecule has 2 heterocycles. The smallest absolute Gasteiger partial charge is 0.236 e. The molecule has 1 unspecified atom stereocenters. The van der Waals surface area contributed by atoms with Crippen LogP contribution < -0.4 is 5.32 Å². The van der Waals surface area contributed by atoms with Crippen LogP contribution in [-0.4, -0.2) is 59.1 Å². The number of carbonyl (C=O) groups is 1. The number of carbonyl (C=O) groups excluding carboxylic acids is 1. The Balaban J connectivity index is 1.81. The number of hydrogen-bond donors (Lipinski definition) is 1. The quantitative estimate of drug-likeness (QED) is 0.610. The fourth-order valence-electron chi connectivity index (χ4n) is 1.94. The van der Waals surface area contributed by atoms with Crippen LogP contribution in [0.5, 0.6) is 0 Å². The summed E-state index contributed by atoms with van der Waals surface area (Å²) in [6.07, 6.45) is 2.27. The maximum Gasteiger partial charge on any atom is 0.236 e. The van der Waals surface area contributed by atoms with E-state index >= 15 is 0 Å². The van der Waals surface area contributed by atoms with E-state index in [2.05, 4.69) is 22.4 Å². The van der Waals surface area contributed by atoms with Gasteiger partial charge in [0.15, 0.2) is 4.34 Å². The van der Waals surface area contributed by atoms with Crippen molar-refractivity contribution in [3.63, 3.8) is 0 Å². The summed E-state index contributed by atoms with van der Waals surface area (Å²) >= 11 is 2.99. The highest BCUT2D eigenvalue weighted by atomic mass is 32.2. The summed E-state index contributed by atoms with van der Waals surface area (Å²) in [6.45, 7) is 7.63. The van der Waals surface area contributed by atoms with Crippen LogP contribution in [0, 0.1) is 0 Å². The largest absolute Gasteiger partial charge is 0.378 e. The van der Waals surface area contributed by atoms with E-state index in [1.165, 1.54) is 23.1 Å². The normalized spacial score (nSPS) is 16.8. The van der Waals surface area contributed by atoms with Crippen molar-refractivity contribution in [2.75, 3.05) is 38.2 Å². The predicted octanol–water partition coefficient (Wildman–Crippen LogP) is 2.09. The first-order valence-electron chi connectivity index (χ1n) is 7.31. The maximum atomic E-state index is 12.3. The van der Waals surface area contributed by atoms with Gasteiger partial charge in [-0.05, 0) is 13.3 Å². The lowest BCUT2D eigenvalue weighted by atomic mass is 10.3. The molecule has 0 saturated carbocycles. The van der Waals surface area contributed by atoms with Gasteiger partial charge in [-0.25, -0.2) is 0 Å². The van der Waals surface area contributed by atoms with Gasteiger partial charge in [-0.15, -0.1) is 10.2 Å². The highest BCUT2D eigenvalue weighted by molar-refractivity contribution is 8.02. The van der Waals surface area contributed by atoms with Crippen LogP contribution in [0.1, 0.15) is 26.7 Å². The number of morpholine rings is 1. The molecule has 21 heavy (non-hydrogen) atoms. The third-order valence-electron chi connectivity index (χ3n) is 3.16. The van der Waals surface area contributed by atoms with E-state index in [9.17, 15) is 4.79 Å². The molecule has 1 atom stereocenters. The van der Waals surface area contributed by atoms with Crippen LogP contribution in [0.3, 0.4) is 0 Å². The Bertz CT molecular complexity index is 449. The van der Waals surface area contributed by atoms with Crippen molar-refractivity contribution in [1.82, 2.24) is 15.1 Å². The predicted molar refractivity (Wildman–Crippen MR) is 86.0 cm³/mol. The average molecular weight is 330 g/mol. The monoisotopic (exact) mass is 330 g/mol. The number of nitrogens with zero attached hydrogens (tertiary/aromatic N) is 3. The van der Waals surface area contributed by atoms with E-state index in [-0.39, 0.29) is 11.2 Å². The molecule has 0 radical (unpaired) electrons. The van der Waals surface area contributed by atoms with Crippen molar-refractivity contribution >= 4 is 34.1 Å². The molecular formula is C13H22N4O2S2. The number of anilines is 1. The van der Waals surface area contributed by atoms with Crippen LogP contribution in [0.2, 0.25) is 0 Å². The molecule has 0 aliphatic carbocycles. The van der Waals surface area contributed by atoms with Gasteiger partial charge in [0.05, 0.1) is 18.5 Å². The number of thioether (sulfide) groups is 1. The minimum atomic E-state index is -0.139. The second-order valence-electron chi connectivity index (χ2n) is 4.85. The molecule has 2 rings (SSSR count). The summed E-state index contributed by atoms with van der Waals surface area (Å²) in [4.78, 5) is 14.2. The molecule has 0 spiro atoms. The molecule has 6 nitrogen and oxygen atoms in total. The summed E-state index contributed by atoms with van der Waals surface area (Å²) in [5.41, 5.74) is 0. The van der Waals surface area contributed by atoms with Crippen LogP contribution in [0.25, 0.3) is 0 Å². The van der Waals surface area contributed by atoms with Crippen LogP contribution in [-0.2, 0) is 9.53 Å². The van der Waals surface area contributed by atoms with Crippen molar-refractivity contribution in [2.24, 2.45) is 0 Å². The second kappa shape index (κ2) is 8.55. The zero-order valence-electron chi connectivity index (χ0n) is 12.5. The Kier molecular flexibility index (Phi) is 6.72. The molecule has 1 saturated heterocycles. The molecular weight excluding hydrogens is 308 g/mol. The number of ether oxygens (including phenoxy) is 1. The van der Waals surface area contributed by atoms with Gasteiger partial charge in [-0.3, -0.25) is 4.79 Å². The SMILES string of the molecule is CCCCNc1nnc(SC(C)C(=O)N2CCOCC2)s1. The molecule has 118 valence electrons. The second-order valence-corrected chi connectivity index (χ2v) is 7.42. The zero-order valence-corrected chi connectivity index (χ0v) is 14.1. The van der Waals surface area contributed by atoms with E-state index < -0.39 is 0 Å². The summed E-state index contributed by atoms with van der Waals surface area (Å²) in [5.74, 6) is 0.152. The number of rotatable bonds is 7. The molecule has 1 aromatic heterocycles. The Morgan fingerprint density at radius 3 is 2.95 bits per heavy atom. The van der Waals surface area contributed by atoms with Gasteiger partial charge in [0.25, 0.3) is 0 Å². The fraction of sp³-hybridized carbons (Fsp3) is 0.769. The molecule has 0 bridgehead atoms. The average Bonchev–Trinajstić information content (AvgIpc) is 2.95. The Morgan fingerprint density at radius 1 is 1.48 bits per heavy atom. The lowest BCUT2D eigenvalue weighted by Crippen LogP contribution is -2.44. The highest BCUT2D eigenvalue weighted by Gasteiger charge is 2.24. The van der Waals surface area contributed by atoms with E-state index in [4.69, 9.17) is 4.74 Å². The summed E-state index contributed by atoms with van der Waals surface area (Å²) in [5, 5.41) is 12.2. The van der Waals surface area contributed by atoms with Gasteiger partial charge in [-0.2, -0.15) is 0 Å². The van der Waals surface area contributed by atoms with E-state index in [1.807, 2.05) is 11.8 Å². The van der Waals surface area contributed by atoms with Gasteiger partial charge < -0.3 is 15.0 Å². The Morgan fingerprint density at radius 2 is 2.24 bits per heavy atom. The molecule has 1 aromatic rings. The third-order valence-corrected chi connectivity index (χ3v) is 5.21. The molecule has 1 N–H and O–H groups in total. The highest BCUT2D eigenvalue weighted by Crippen LogP contribution is 2.29. The zero-order chi connectivity index (χ0) is 15.1. The first-order valence-corrected chi connectivity index (χ1v) is 9.01. The Hall–Kier alpha value is -0.860. The summed E-state index contributed by atoms with van der Waals surface area (Å²) < 4.78 is 6.10. The minimum absolute atomic E-state index is 0.139. The van der Waals surface area contributed by atoms with Crippen LogP contribution >= 0.6 is 23.1 Å². The first kappa shape index (κ1) is 16.5. The number of amides is 1. The number of unbranched alkanes of at least 4 members (excludes halogenated alkanes) is 1. The summed E-state index contributed by atoms with van der Waals surface area (Å²) in [7, 11) is 0. The standard InChI is InChI=1S/C13H22N4O2S2/c1-3-4-5-14-12-15-16-13(21-12)20-10(2)11(18)17-6-8-19-9-7-17/h10H,3-9H2,1-2H3,(H,14,15). The van der Waals surface area contributed by atoms with E-state index in [0.29, 0.717) is 26.3 Å².